The molecule has 6 heteroatoms. The molecular weight excluding hydrogens is 841 g/mol. The Labute approximate surface area is 422 Å². The SMILES string of the molecule is CC\C=C/C=C\C=C/C=C\CCCCCCCC(=O)OCC(COC(=O)CCCCCCCCCCCCCCCCCCCC)OC(=O)CCCCCCCCCCCCCCCCCCC. The standard InChI is InChI=1S/C62H112O6/c1-4-7-10-13-16-19-22-25-28-30-32-34-37-40-43-46-49-52-55-61(64)67-58-59(57-66-60(63)54-51-48-45-42-39-36-33-27-24-21-18-15-12-9-6-3)68-62(65)56-53-50-47-44-41-38-35-31-29-26-23-20-17-14-11-8-5-2/h9,12,15,18,21,24,27,33,59H,4-8,10-11,13-14,16-17,19-20,22-23,25-26,28-32,34-58H2,1-3H3/b12-9-,18-15-,24-21-,33-27-. The zero-order chi connectivity index (χ0) is 49.3. The molecule has 0 aromatic heterocycles. The average molecular weight is 954 g/mol. The fourth-order valence-electron chi connectivity index (χ4n) is 8.75. The van der Waals surface area contributed by atoms with Gasteiger partial charge >= 0.3 is 17.9 Å². The highest BCUT2D eigenvalue weighted by Gasteiger charge is 2.19. The molecule has 6 nitrogen and oxygen atoms in total. The molecule has 0 bridgehead atoms. The van der Waals surface area contributed by atoms with Crippen LogP contribution < -0.4 is 0 Å². The Morgan fingerprint density at radius 1 is 0.309 bits per heavy atom. The van der Waals surface area contributed by atoms with Gasteiger partial charge in [0.1, 0.15) is 13.2 Å². The summed E-state index contributed by atoms with van der Waals surface area (Å²) in [4.78, 5) is 38.2. The Bertz CT molecular complexity index is 1190. The number of hydrogen-bond donors (Lipinski definition) is 0. The molecule has 0 heterocycles. The zero-order valence-electron chi connectivity index (χ0n) is 45.4. The van der Waals surface area contributed by atoms with Crippen molar-refractivity contribution in [3.8, 4) is 0 Å². The second-order valence-electron chi connectivity index (χ2n) is 20.0. The maximum atomic E-state index is 12.9. The minimum Gasteiger partial charge on any atom is -0.462 e. The van der Waals surface area contributed by atoms with Gasteiger partial charge in [0.25, 0.3) is 0 Å². The fraction of sp³-hybridized carbons (Fsp3) is 0.823. The first kappa shape index (κ1) is 65.4. The first-order chi connectivity index (χ1) is 33.5. The van der Waals surface area contributed by atoms with Crippen LogP contribution >= 0.6 is 0 Å². The van der Waals surface area contributed by atoms with Crippen LogP contribution in [0.3, 0.4) is 0 Å². The van der Waals surface area contributed by atoms with E-state index in [-0.39, 0.29) is 31.1 Å². The lowest BCUT2D eigenvalue weighted by Gasteiger charge is -2.18. The first-order valence-corrected chi connectivity index (χ1v) is 29.7. The van der Waals surface area contributed by atoms with Crippen LogP contribution in [0.15, 0.2) is 48.6 Å². The molecule has 0 aromatic rings. The molecule has 0 amide bonds. The normalized spacial score (nSPS) is 12.3. The van der Waals surface area contributed by atoms with Crippen molar-refractivity contribution in [1.29, 1.82) is 0 Å². The highest BCUT2D eigenvalue weighted by molar-refractivity contribution is 5.71. The van der Waals surface area contributed by atoms with Crippen molar-refractivity contribution >= 4 is 17.9 Å². The van der Waals surface area contributed by atoms with Gasteiger partial charge in [-0.25, -0.2) is 0 Å². The molecule has 0 fully saturated rings. The molecule has 1 unspecified atom stereocenters. The zero-order valence-corrected chi connectivity index (χ0v) is 45.4. The summed E-state index contributed by atoms with van der Waals surface area (Å²) in [5.41, 5.74) is 0. The summed E-state index contributed by atoms with van der Waals surface area (Å²) in [7, 11) is 0. The van der Waals surface area contributed by atoms with Gasteiger partial charge in [0.15, 0.2) is 6.10 Å². The van der Waals surface area contributed by atoms with Crippen molar-refractivity contribution < 1.29 is 28.6 Å². The van der Waals surface area contributed by atoms with Crippen molar-refractivity contribution in [2.24, 2.45) is 0 Å². The van der Waals surface area contributed by atoms with E-state index in [1.54, 1.807) is 0 Å². The summed E-state index contributed by atoms with van der Waals surface area (Å²) in [5, 5.41) is 0. The topological polar surface area (TPSA) is 78.9 Å². The Balaban J connectivity index is 4.35. The van der Waals surface area contributed by atoms with E-state index in [4.69, 9.17) is 14.2 Å². The second kappa shape index (κ2) is 57.0. The van der Waals surface area contributed by atoms with Crippen molar-refractivity contribution in [3.63, 3.8) is 0 Å². The van der Waals surface area contributed by atoms with Gasteiger partial charge in [-0.1, -0.05) is 301 Å². The third-order valence-electron chi connectivity index (χ3n) is 13.2. The van der Waals surface area contributed by atoms with Crippen molar-refractivity contribution in [1.82, 2.24) is 0 Å². The predicted octanol–water partition coefficient (Wildman–Crippen LogP) is 19.8. The van der Waals surface area contributed by atoms with E-state index < -0.39 is 6.10 Å². The highest BCUT2D eigenvalue weighted by Crippen LogP contribution is 2.17. The number of hydrogen-bond acceptors (Lipinski definition) is 6. The van der Waals surface area contributed by atoms with Crippen LogP contribution in [0.1, 0.15) is 310 Å². The number of carbonyl (C=O) groups excluding carboxylic acids is 3. The lowest BCUT2D eigenvalue weighted by molar-refractivity contribution is -0.167. The molecule has 0 aliphatic carbocycles. The van der Waals surface area contributed by atoms with E-state index in [0.29, 0.717) is 19.3 Å². The van der Waals surface area contributed by atoms with E-state index in [2.05, 4.69) is 51.2 Å². The summed E-state index contributed by atoms with van der Waals surface area (Å²) in [6.07, 6.45) is 69.6. The molecule has 396 valence electrons. The smallest absolute Gasteiger partial charge is 0.306 e. The molecular formula is C62H112O6. The molecule has 0 N–H and O–H groups in total. The number of rotatable bonds is 54. The van der Waals surface area contributed by atoms with Crippen LogP contribution in [-0.2, 0) is 28.6 Å². The fourth-order valence-corrected chi connectivity index (χ4v) is 8.75. The molecule has 0 aliphatic heterocycles. The summed E-state index contributed by atoms with van der Waals surface area (Å²) in [6, 6.07) is 0. The second-order valence-corrected chi connectivity index (χ2v) is 20.0. The van der Waals surface area contributed by atoms with Crippen LogP contribution in [0.5, 0.6) is 0 Å². The van der Waals surface area contributed by atoms with E-state index in [1.165, 1.54) is 186 Å². The van der Waals surface area contributed by atoms with Gasteiger partial charge in [0.05, 0.1) is 0 Å². The molecule has 0 saturated carbocycles. The van der Waals surface area contributed by atoms with Gasteiger partial charge < -0.3 is 14.2 Å². The van der Waals surface area contributed by atoms with E-state index >= 15 is 0 Å². The average Bonchev–Trinajstić information content (AvgIpc) is 3.34. The number of unbranched alkanes of at least 4 members (excludes halogenated alkanes) is 38. The van der Waals surface area contributed by atoms with Gasteiger partial charge in [-0.15, -0.1) is 0 Å². The summed E-state index contributed by atoms with van der Waals surface area (Å²) in [5.74, 6) is -0.881. The van der Waals surface area contributed by atoms with E-state index in [1.807, 2.05) is 18.2 Å². The summed E-state index contributed by atoms with van der Waals surface area (Å²) < 4.78 is 16.9. The lowest BCUT2D eigenvalue weighted by atomic mass is 10.0. The highest BCUT2D eigenvalue weighted by atomic mass is 16.6. The third kappa shape index (κ3) is 54.3. The monoisotopic (exact) mass is 953 g/mol. The number of carbonyl (C=O) groups is 3. The van der Waals surface area contributed by atoms with E-state index in [0.717, 1.165) is 83.5 Å². The Hall–Kier alpha value is -2.63. The molecule has 68 heavy (non-hydrogen) atoms. The van der Waals surface area contributed by atoms with Gasteiger partial charge in [-0.2, -0.15) is 0 Å². The predicted molar refractivity (Wildman–Crippen MR) is 293 cm³/mol. The van der Waals surface area contributed by atoms with Gasteiger partial charge in [0.2, 0.25) is 0 Å². The molecule has 0 radical (unpaired) electrons. The first-order valence-electron chi connectivity index (χ1n) is 29.7. The number of ether oxygens (including phenoxy) is 3. The minimum atomic E-state index is -0.779. The summed E-state index contributed by atoms with van der Waals surface area (Å²) in [6.45, 7) is 6.53. The Morgan fingerprint density at radius 2 is 0.574 bits per heavy atom. The maximum absolute atomic E-state index is 12.9. The van der Waals surface area contributed by atoms with Gasteiger partial charge in [-0.05, 0) is 38.5 Å². The van der Waals surface area contributed by atoms with Crippen molar-refractivity contribution in [3.05, 3.63) is 48.6 Å². The molecule has 0 aliphatic rings. The quantitative estimate of drug-likeness (QED) is 0.0262. The molecule has 0 rings (SSSR count). The minimum absolute atomic E-state index is 0.0762. The Morgan fingerprint density at radius 3 is 0.897 bits per heavy atom. The number of esters is 3. The molecule has 0 aromatic carbocycles. The van der Waals surface area contributed by atoms with Crippen LogP contribution in [0.4, 0.5) is 0 Å². The largest absolute Gasteiger partial charge is 0.462 e. The van der Waals surface area contributed by atoms with E-state index in [9.17, 15) is 14.4 Å². The maximum Gasteiger partial charge on any atom is 0.306 e. The van der Waals surface area contributed by atoms with Crippen LogP contribution in [0.2, 0.25) is 0 Å². The third-order valence-corrected chi connectivity index (χ3v) is 13.2. The lowest BCUT2D eigenvalue weighted by Crippen LogP contribution is -2.30. The summed E-state index contributed by atoms with van der Waals surface area (Å²) >= 11 is 0. The van der Waals surface area contributed by atoms with Crippen LogP contribution in [-0.4, -0.2) is 37.2 Å². The van der Waals surface area contributed by atoms with Crippen LogP contribution in [0, 0.1) is 0 Å². The van der Waals surface area contributed by atoms with Crippen LogP contribution in [0.25, 0.3) is 0 Å². The molecule has 1 atom stereocenters. The van der Waals surface area contributed by atoms with Gasteiger partial charge in [0, 0.05) is 19.3 Å². The van der Waals surface area contributed by atoms with Gasteiger partial charge in [-0.3, -0.25) is 14.4 Å². The molecule has 0 spiro atoms. The van der Waals surface area contributed by atoms with Crippen molar-refractivity contribution in [2.45, 2.75) is 316 Å². The Kier molecular flexibility index (Phi) is 54.8. The number of allylic oxidation sites excluding steroid dienone is 8. The van der Waals surface area contributed by atoms with Crippen molar-refractivity contribution in [2.75, 3.05) is 13.2 Å². The molecule has 0 saturated heterocycles.